The van der Waals surface area contributed by atoms with E-state index in [1.165, 1.54) is 0 Å². The summed E-state index contributed by atoms with van der Waals surface area (Å²) in [6.07, 6.45) is 2.59. The molecule has 100 valence electrons. The molecule has 0 aromatic rings. The van der Waals surface area contributed by atoms with Crippen molar-refractivity contribution in [2.75, 3.05) is 25.6 Å². The smallest absolute Gasteiger partial charge is 0.244 e. The van der Waals surface area contributed by atoms with Gasteiger partial charge >= 0.3 is 0 Å². The van der Waals surface area contributed by atoms with Crippen LogP contribution < -0.4 is 11.1 Å². The fourth-order valence-corrected chi connectivity index (χ4v) is 1.73. The first-order valence-electron chi connectivity index (χ1n) is 5.73. The van der Waals surface area contributed by atoms with Gasteiger partial charge in [-0.1, -0.05) is 0 Å². The molecule has 0 aliphatic heterocycles. The van der Waals surface area contributed by atoms with E-state index in [0.717, 1.165) is 5.75 Å². The highest BCUT2D eigenvalue weighted by Crippen LogP contribution is 1.99. The van der Waals surface area contributed by atoms with Gasteiger partial charge < -0.3 is 16.0 Å². The van der Waals surface area contributed by atoms with Gasteiger partial charge in [0.1, 0.15) is 6.04 Å². The van der Waals surface area contributed by atoms with E-state index in [-0.39, 0.29) is 11.8 Å². The molecule has 0 spiro atoms. The molecule has 0 saturated carbocycles. The standard InChI is InChI=1S/C11H23N3O2S/c1-5-14(3)11(16)8(2)13-10(15)9(12)6-7-17-4/h8-9H,5-7,12H2,1-4H3,(H,13,15)/t8?,9-/m1/s1. The summed E-state index contributed by atoms with van der Waals surface area (Å²) in [5.41, 5.74) is 5.71. The highest BCUT2D eigenvalue weighted by Gasteiger charge is 2.21. The molecule has 0 saturated heterocycles. The van der Waals surface area contributed by atoms with Crippen molar-refractivity contribution in [2.45, 2.75) is 32.4 Å². The Kier molecular flexibility index (Phi) is 7.99. The van der Waals surface area contributed by atoms with Crippen molar-refractivity contribution in [2.24, 2.45) is 5.73 Å². The van der Waals surface area contributed by atoms with Crippen LogP contribution in [-0.4, -0.2) is 54.4 Å². The Hall–Kier alpha value is -0.750. The average Bonchev–Trinajstić information content (AvgIpc) is 2.33. The zero-order valence-electron chi connectivity index (χ0n) is 11.0. The molecular formula is C11H23N3O2S. The molecule has 0 radical (unpaired) electrons. The molecule has 2 amide bonds. The molecule has 3 N–H and O–H groups in total. The summed E-state index contributed by atoms with van der Waals surface area (Å²) in [6.45, 7) is 4.18. The number of rotatable bonds is 7. The van der Waals surface area contributed by atoms with Gasteiger partial charge in [0.2, 0.25) is 11.8 Å². The third kappa shape index (κ3) is 5.93. The van der Waals surface area contributed by atoms with Crippen LogP contribution in [0.3, 0.4) is 0 Å². The SMILES string of the molecule is CCN(C)C(=O)C(C)NC(=O)[C@H](N)CCSC. The maximum absolute atomic E-state index is 11.7. The molecule has 2 atom stereocenters. The molecule has 0 aliphatic carbocycles. The minimum atomic E-state index is -0.537. The van der Waals surface area contributed by atoms with Gasteiger partial charge in [0, 0.05) is 13.6 Å². The first kappa shape index (κ1) is 16.2. The summed E-state index contributed by atoms with van der Waals surface area (Å²) in [5, 5.41) is 2.64. The zero-order valence-corrected chi connectivity index (χ0v) is 11.8. The number of nitrogens with two attached hydrogens (primary N) is 1. The molecule has 0 aromatic carbocycles. The maximum Gasteiger partial charge on any atom is 0.244 e. The third-order valence-electron chi connectivity index (χ3n) is 2.55. The van der Waals surface area contributed by atoms with Crippen LogP contribution in [0.25, 0.3) is 0 Å². The Bertz CT molecular complexity index is 261. The second-order valence-corrected chi connectivity index (χ2v) is 4.96. The number of carbonyl (C=O) groups is 2. The van der Waals surface area contributed by atoms with Gasteiger partial charge in [0.25, 0.3) is 0 Å². The van der Waals surface area contributed by atoms with E-state index in [2.05, 4.69) is 5.32 Å². The quantitative estimate of drug-likeness (QED) is 0.679. The Balaban J connectivity index is 4.14. The van der Waals surface area contributed by atoms with Crippen molar-refractivity contribution < 1.29 is 9.59 Å². The van der Waals surface area contributed by atoms with E-state index in [1.807, 2.05) is 13.2 Å². The number of hydrogen-bond donors (Lipinski definition) is 2. The lowest BCUT2D eigenvalue weighted by molar-refractivity contribution is -0.135. The number of amides is 2. The van der Waals surface area contributed by atoms with Crippen LogP contribution in [0, 0.1) is 0 Å². The van der Waals surface area contributed by atoms with Crippen molar-refractivity contribution in [3.63, 3.8) is 0 Å². The Labute approximate surface area is 107 Å². The number of thioether (sulfide) groups is 1. The van der Waals surface area contributed by atoms with Crippen LogP contribution in [0.15, 0.2) is 0 Å². The first-order valence-corrected chi connectivity index (χ1v) is 7.13. The minimum Gasteiger partial charge on any atom is -0.344 e. The molecule has 17 heavy (non-hydrogen) atoms. The fraction of sp³-hybridized carbons (Fsp3) is 0.818. The minimum absolute atomic E-state index is 0.0992. The number of hydrogen-bond acceptors (Lipinski definition) is 4. The van der Waals surface area contributed by atoms with Crippen LogP contribution >= 0.6 is 11.8 Å². The number of nitrogens with zero attached hydrogens (tertiary/aromatic N) is 1. The van der Waals surface area contributed by atoms with E-state index in [0.29, 0.717) is 13.0 Å². The molecule has 0 heterocycles. The maximum atomic E-state index is 11.7. The van der Waals surface area contributed by atoms with Crippen molar-refractivity contribution in [1.82, 2.24) is 10.2 Å². The summed E-state index contributed by atoms with van der Waals surface area (Å²) in [4.78, 5) is 24.9. The third-order valence-corrected chi connectivity index (χ3v) is 3.19. The molecule has 6 heteroatoms. The van der Waals surface area contributed by atoms with E-state index < -0.39 is 12.1 Å². The molecule has 0 rings (SSSR count). The summed E-state index contributed by atoms with van der Waals surface area (Å²) < 4.78 is 0. The van der Waals surface area contributed by atoms with Crippen LogP contribution in [0.2, 0.25) is 0 Å². The van der Waals surface area contributed by atoms with Gasteiger partial charge in [-0.15, -0.1) is 0 Å². The predicted molar refractivity (Wildman–Crippen MR) is 71.9 cm³/mol. The Morgan fingerprint density at radius 1 is 1.47 bits per heavy atom. The second kappa shape index (κ2) is 8.36. The highest BCUT2D eigenvalue weighted by atomic mass is 32.2. The molecular weight excluding hydrogens is 238 g/mol. The molecule has 0 aromatic heterocycles. The Morgan fingerprint density at radius 2 is 2.06 bits per heavy atom. The van der Waals surface area contributed by atoms with Crippen molar-refractivity contribution in [3.05, 3.63) is 0 Å². The molecule has 0 fully saturated rings. The summed E-state index contributed by atoms with van der Waals surface area (Å²) in [5.74, 6) is 0.480. The van der Waals surface area contributed by atoms with Gasteiger partial charge in [0.15, 0.2) is 0 Å². The summed E-state index contributed by atoms with van der Waals surface area (Å²) >= 11 is 1.65. The highest BCUT2D eigenvalue weighted by molar-refractivity contribution is 7.98. The largest absolute Gasteiger partial charge is 0.344 e. The second-order valence-electron chi connectivity index (χ2n) is 3.97. The van der Waals surface area contributed by atoms with Crippen molar-refractivity contribution in [3.8, 4) is 0 Å². The topological polar surface area (TPSA) is 75.4 Å². The van der Waals surface area contributed by atoms with Crippen molar-refractivity contribution in [1.29, 1.82) is 0 Å². The predicted octanol–water partition coefficient (Wildman–Crippen LogP) is 0.0498. The van der Waals surface area contributed by atoms with Gasteiger partial charge in [0.05, 0.1) is 6.04 Å². The summed E-state index contributed by atoms with van der Waals surface area (Å²) in [6, 6.07) is -1.06. The van der Waals surface area contributed by atoms with E-state index in [9.17, 15) is 9.59 Å². The van der Waals surface area contributed by atoms with Crippen molar-refractivity contribution >= 4 is 23.6 Å². The number of nitrogens with one attached hydrogen (secondary N) is 1. The van der Waals surface area contributed by atoms with Crippen LogP contribution in [0.5, 0.6) is 0 Å². The molecule has 1 unspecified atom stereocenters. The van der Waals surface area contributed by atoms with Gasteiger partial charge in [-0.05, 0) is 32.3 Å². The number of carbonyl (C=O) groups excluding carboxylic acids is 2. The van der Waals surface area contributed by atoms with Gasteiger partial charge in [-0.3, -0.25) is 9.59 Å². The van der Waals surface area contributed by atoms with Crippen LogP contribution in [0.4, 0.5) is 0 Å². The van der Waals surface area contributed by atoms with E-state index in [4.69, 9.17) is 5.73 Å². The van der Waals surface area contributed by atoms with Crippen LogP contribution in [0.1, 0.15) is 20.3 Å². The van der Waals surface area contributed by atoms with E-state index >= 15 is 0 Å². The van der Waals surface area contributed by atoms with E-state index in [1.54, 1.807) is 30.6 Å². The Morgan fingerprint density at radius 3 is 2.53 bits per heavy atom. The first-order chi connectivity index (χ1) is 7.93. The molecule has 0 bridgehead atoms. The average molecular weight is 261 g/mol. The number of likely N-dealkylation sites (N-methyl/N-ethyl adjacent to an activating group) is 1. The van der Waals surface area contributed by atoms with Crippen LogP contribution in [-0.2, 0) is 9.59 Å². The van der Waals surface area contributed by atoms with Gasteiger partial charge in [-0.2, -0.15) is 11.8 Å². The fourth-order valence-electron chi connectivity index (χ4n) is 1.24. The monoisotopic (exact) mass is 261 g/mol. The molecule has 5 nitrogen and oxygen atoms in total. The van der Waals surface area contributed by atoms with Gasteiger partial charge in [-0.25, -0.2) is 0 Å². The normalized spacial score (nSPS) is 13.9. The lowest BCUT2D eigenvalue weighted by Gasteiger charge is -2.21. The molecule has 0 aliphatic rings. The lowest BCUT2D eigenvalue weighted by atomic mass is 10.2. The zero-order chi connectivity index (χ0) is 13.4. The summed E-state index contributed by atoms with van der Waals surface area (Å²) in [7, 11) is 1.71. The lowest BCUT2D eigenvalue weighted by Crippen LogP contribution is -2.50.